The maximum atomic E-state index is 15.3. The molecular formula is C22H23Cl2FIN3O3. The Morgan fingerprint density at radius 1 is 1.16 bits per heavy atom. The smallest absolute Gasteiger partial charge is 0.322 e. The number of imide groups is 1. The molecule has 6 nitrogen and oxygen atoms in total. The lowest BCUT2D eigenvalue weighted by atomic mass is 9.74. The van der Waals surface area contributed by atoms with E-state index in [-0.39, 0.29) is 33.4 Å². The lowest BCUT2D eigenvalue weighted by molar-refractivity contribution is -0.127. The van der Waals surface area contributed by atoms with E-state index in [1.165, 1.54) is 12.1 Å². The molecule has 1 aromatic rings. The van der Waals surface area contributed by atoms with Gasteiger partial charge in [0.25, 0.3) is 5.91 Å². The van der Waals surface area contributed by atoms with Crippen molar-refractivity contribution in [3.63, 3.8) is 0 Å². The molecule has 3 aliphatic carbocycles. The van der Waals surface area contributed by atoms with E-state index in [4.69, 9.17) is 23.2 Å². The maximum absolute atomic E-state index is 15.3. The molecule has 3 N–H and O–H groups in total. The van der Waals surface area contributed by atoms with Crippen LogP contribution in [0.1, 0.15) is 56.9 Å². The van der Waals surface area contributed by atoms with E-state index in [1.54, 1.807) is 0 Å². The van der Waals surface area contributed by atoms with Gasteiger partial charge in [0.1, 0.15) is 14.9 Å². The molecular weight excluding hydrogens is 571 g/mol. The van der Waals surface area contributed by atoms with Crippen molar-refractivity contribution in [1.82, 2.24) is 16.0 Å². The van der Waals surface area contributed by atoms with Gasteiger partial charge in [-0.05, 0) is 92.0 Å². The summed E-state index contributed by atoms with van der Waals surface area (Å²) in [6.07, 6.45) is 5.77. The molecule has 0 unspecified atom stereocenters. The van der Waals surface area contributed by atoms with Gasteiger partial charge >= 0.3 is 6.03 Å². The third-order valence-corrected chi connectivity index (χ3v) is 10.8. The summed E-state index contributed by atoms with van der Waals surface area (Å²) >= 11 is 15.0. The molecule has 1 spiro atoms. The number of urea groups is 1. The zero-order valence-electron chi connectivity index (χ0n) is 17.2. The summed E-state index contributed by atoms with van der Waals surface area (Å²) in [6, 6.07) is 2.19. The summed E-state index contributed by atoms with van der Waals surface area (Å²) in [5, 5.41) is 8.49. The number of benzene rings is 1. The van der Waals surface area contributed by atoms with Gasteiger partial charge in [-0.3, -0.25) is 14.9 Å². The number of nitrogens with one attached hydrogen (secondary N) is 3. The number of carbonyl (C=O) groups excluding carboxylic acids is 3. The van der Waals surface area contributed by atoms with Crippen molar-refractivity contribution < 1.29 is 18.8 Å². The Labute approximate surface area is 208 Å². The monoisotopic (exact) mass is 593 g/mol. The average Bonchev–Trinajstić information content (AvgIpc) is 3.51. The van der Waals surface area contributed by atoms with E-state index in [0.717, 1.165) is 32.1 Å². The minimum Gasteiger partial charge on any atom is -0.337 e. The van der Waals surface area contributed by atoms with Crippen LogP contribution in [0.5, 0.6) is 0 Å². The minimum atomic E-state index is -1.07. The largest absolute Gasteiger partial charge is 0.337 e. The van der Waals surface area contributed by atoms with Crippen LogP contribution in [0.3, 0.4) is 0 Å². The molecule has 32 heavy (non-hydrogen) atoms. The van der Waals surface area contributed by atoms with Crippen LogP contribution in [0.15, 0.2) is 12.1 Å². The predicted octanol–water partition coefficient (Wildman–Crippen LogP) is 4.80. The fraction of sp³-hybridized carbons (Fsp3) is 0.591. The average molecular weight is 594 g/mol. The molecule has 5 rings (SSSR count). The molecule has 0 aromatic heterocycles. The highest BCUT2D eigenvalue weighted by molar-refractivity contribution is 14.1. The second-order valence-corrected chi connectivity index (χ2v) is 12.1. The van der Waals surface area contributed by atoms with Crippen LogP contribution in [0.25, 0.3) is 0 Å². The SMILES string of the molecule is O=C1NC(=O)[C@@]2(CC[C@@H](C(=O)N[C@](I)(c3c(F)ccc(Cl)c3Cl)C34CCC(CC3)C4)C2)N1. The van der Waals surface area contributed by atoms with E-state index in [0.29, 0.717) is 18.8 Å². The van der Waals surface area contributed by atoms with Crippen molar-refractivity contribution in [2.24, 2.45) is 17.3 Å². The summed E-state index contributed by atoms with van der Waals surface area (Å²) in [5.41, 5.74) is -1.14. The normalized spacial score (nSPS) is 35.1. The van der Waals surface area contributed by atoms with E-state index in [2.05, 4.69) is 38.5 Å². The summed E-state index contributed by atoms with van der Waals surface area (Å²) in [6.45, 7) is 0. The van der Waals surface area contributed by atoms with Gasteiger partial charge in [0.2, 0.25) is 5.91 Å². The highest BCUT2D eigenvalue weighted by Gasteiger charge is 2.61. The number of carbonyl (C=O) groups is 3. The molecule has 3 saturated carbocycles. The molecule has 4 aliphatic rings. The molecule has 4 amide bonds. The van der Waals surface area contributed by atoms with Gasteiger partial charge in [0.15, 0.2) is 0 Å². The second-order valence-electron chi connectivity index (χ2n) is 9.72. The first kappa shape index (κ1) is 22.7. The van der Waals surface area contributed by atoms with Crippen molar-refractivity contribution in [1.29, 1.82) is 0 Å². The Bertz CT molecular complexity index is 1030. The first-order valence-corrected chi connectivity index (χ1v) is 12.7. The van der Waals surface area contributed by atoms with Gasteiger partial charge in [-0.2, -0.15) is 0 Å². The van der Waals surface area contributed by atoms with Crippen LogP contribution in [0, 0.1) is 23.1 Å². The molecule has 3 atom stereocenters. The van der Waals surface area contributed by atoms with Crippen LogP contribution in [0.2, 0.25) is 10.0 Å². The Hall–Kier alpha value is -1.13. The van der Waals surface area contributed by atoms with E-state index in [1.807, 2.05) is 0 Å². The van der Waals surface area contributed by atoms with Crippen molar-refractivity contribution in [3.05, 3.63) is 33.6 Å². The number of amides is 4. The fourth-order valence-electron chi connectivity index (χ4n) is 6.37. The number of halogens is 4. The first-order valence-electron chi connectivity index (χ1n) is 10.9. The van der Waals surface area contributed by atoms with Crippen molar-refractivity contribution in [2.75, 3.05) is 0 Å². The van der Waals surface area contributed by atoms with Gasteiger partial charge < -0.3 is 10.6 Å². The summed E-state index contributed by atoms with van der Waals surface area (Å²) in [4.78, 5) is 37.5. The van der Waals surface area contributed by atoms with E-state index >= 15 is 4.39 Å². The third kappa shape index (κ3) is 3.27. The number of hydrogen-bond acceptors (Lipinski definition) is 3. The summed E-state index contributed by atoms with van der Waals surface area (Å²) in [7, 11) is 0. The number of fused-ring (bicyclic) bond motifs is 2. The van der Waals surface area contributed by atoms with Crippen molar-refractivity contribution >= 4 is 63.6 Å². The highest BCUT2D eigenvalue weighted by Crippen LogP contribution is 2.66. The topological polar surface area (TPSA) is 87.3 Å². The third-order valence-electron chi connectivity index (χ3n) is 8.06. The summed E-state index contributed by atoms with van der Waals surface area (Å²) < 4.78 is 14.2. The van der Waals surface area contributed by atoms with Gasteiger partial charge in [-0.15, -0.1) is 0 Å². The highest BCUT2D eigenvalue weighted by atomic mass is 127. The molecule has 1 saturated heterocycles. The van der Waals surface area contributed by atoms with Crippen LogP contribution in [-0.4, -0.2) is 23.4 Å². The Morgan fingerprint density at radius 2 is 1.88 bits per heavy atom. The second kappa shape index (κ2) is 7.70. The number of rotatable bonds is 4. The molecule has 4 fully saturated rings. The minimum absolute atomic E-state index is 0.122. The molecule has 172 valence electrons. The van der Waals surface area contributed by atoms with Gasteiger partial charge in [0, 0.05) is 16.9 Å². The van der Waals surface area contributed by atoms with Gasteiger partial charge in [0.05, 0.1) is 10.0 Å². The molecule has 2 bridgehead atoms. The number of hydrogen-bond donors (Lipinski definition) is 3. The molecule has 10 heteroatoms. The van der Waals surface area contributed by atoms with Gasteiger partial charge in [-0.25, -0.2) is 9.18 Å². The molecule has 1 aliphatic heterocycles. The molecule has 1 heterocycles. The first-order chi connectivity index (χ1) is 15.1. The fourth-order valence-corrected chi connectivity index (χ4v) is 8.53. The molecule has 0 radical (unpaired) electrons. The lowest BCUT2D eigenvalue weighted by Gasteiger charge is -2.46. The van der Waals surface area contributed by atoms with Crippen molar-refractivity contribution in [3.8, 4) is 0 Å². The zero-order chi connectivity index (χ0) is 22.9. The predicted molar refractivity (Wildman–Crippen MR) is 126 cm³/mol. The maximum Gasteiger partial charge on any atom is 0.322 e. The van der Waals surface area contributed by atoms with Crippen LogP contribution in [-0.2, 0) is 13.1 Å². The van der Waals surface area contributed by atoms with Gasteiger partial charge in [-0.1, -0.05) is 23.2 Å². The Kier molecular flexibility index (Phi) is 5.45. The van der Waals surface area contributed by atoms with Crippen molar-refractivity contribution in [2.45, 2.75) is 60.5 Å². The van der Waals surface area contributed by atoms with Crippen LogP contribution in [0.4, 0.5) is 9.18 Å². The molecule has 1 aromatic carbocycles. The van der Waals surface area contributed by atoms with E-state index in [9.17, 15) is 14.4 Å². The zero-order valence-corrected chi connectivity index (χ0v) is 20.9. The van der Waals surface area contributed by atoms with E-state index < -0.39 is 32.8 Å². The quantitative estimate of drug-likeness (QED) is 0.154. The lowest BCUT2D eigenvalue weighted by Crippen LogP contribution is -2.54. The Morgan fingerprint density at radius 3 is 2.47 bits per heavy atom. The summed E-state index contributed by atoms with van der Waals surface area (Å²) in [5.74, 6) is -1.07. The Balaban J connectivity index is 1.49. The standard InChI is InChI=1S/C22H23Cl2FIN3O3/c23-13-1-2-14(25)15(16(13)24)22(26,20-6-3-11(9-20)4-7-20)28-17(30)12-5-8-21(10-12)18(31)27-19(32)29-21/h1-2,11-12H,3-10H2,(H,28,30)(H2,27,29,31,32)/t11?,12-,20?,21+,22-/m1/s1. The number of alkyl halides is 1. The van der Waals surface area contributed by atoms with Crippen LogP contribution >= 0.6 is 45.8 Å². The van der Waals surface area contributed by atoms with Crippen LogP contribution < -0.4 is 16.0 Å².